The van der Waals surface area contributed by atoms with E-state index >= 15 is 0 Å². The summed E-state index contributed by atoms with van der Waals surface area (Å²) in [5, 5.41) is -0.0730. The third-order valence-corrected chi connectivity index (χ3v) is 7.19. The van der Waals surface area contributed by atoms with Crippen molar-refractivity contribution in [1.29, 1.82) is 0 Å². The van der Waals surface area contributed by atoms with Gasteiger partial charge < -0.3 is 15.4 Å². The largest absolute Gasteiger partial charge is 0.484 e. The third kappa shape index (κ3) is 5.45. The van der Waals surface area contributed by atoms with Crippen molar-refractivity contribution >= 4 is 29.3 Å². The Hall–Kier alpha value is -3.25. The number of hydrogen-bond acceptors (Lipinski definition) is 4. The van der Waals surface area contributed by atoms with Crippen molar-refractivity contribution in [2.45, 2.75) is 30.8 Å². The van der Waals surface area contributed by atoms with Crippen LogP contribution in [-0.2, 0) is 15.3 Å². The molecule has 6 heteroatoms. The van der Waals surface area contributed by atoms with E-state index in [1.165, 1.54) is 5.56 Å². The number of fused-ring (bicyclic) bond motifs is 1. The Balaban J connectivity index is 1.74. The molecule has 176 valence electrons. The van der Waals surface area contributed by atoms with E-state index in [-0.39, 0.29) is 23.7 Å². The second-order valence-electron chi connectivity index (χ2n) is 8.92. The molecule has 0 saturated carbocycles. The van der Waals surface area contributed by atoms with Gasteiger partial charge in [0.2, 0.25) is 5.91 Å². The van der Waals surface area contributed by atoms with Crippen molar-refractivity contribution in [2.24, 2.45) is 11.7 Å². The molecule has 34 heavy (non-hydrogen) atoms. The molecule has 2 unspecified atom stereocenters. The third-order valence-electron chi connectivity index (χ3n) is 5.79. The van der Waals surface area contributed by atoms with Crippen molar-refractivity contribution < 1.29 is 14.3 Å². The number of primary amides is 1. The fraction of sp³-hybridized carbons (Fsp3) is 0.286. The van der Waals surface area contributed by atoms with Gasteiger partial charge in [-0.25, -0.2) is 0 Å². The summed E-state index contributed by atoms with van der Waals surface area (Å²) in [7, 11) is 0. The fourth-order valence-electron chi connectivity index (χ4n) is 4.33. The van der Waals surface area contributed by atoms with E-state index in [4.69, 9.17) is 10.5 Å². The maximum absolute atomic E-state index is 13.9. The summed E-state index contributed by atoms with van der Waals surface area (Å²) in [6.07, 6.45) is 0. The van der Waals surface area contributed by atoms with Crippen molar-refractivity contribution in [1.82, 2.24) is 0 Å². The molecule has 0 aliphatic carbocycles. The van der Waals surface area contributed by atoms with Gasteiger partial charge in [-0.05, 0) is 40.8 Å². The molecule has 0 fully saturated rings. The van der Waals surface area contributed by atoms with Crippen LogP contribution in [0.1, 0.15) is 41.7 Å². The molecule has 1 aliphatic rings. The van der Waals surface area contributed by atoms with Crippen LogP contribution in [-0.4, -0.2) is 25.0 Å². The Morgan fingerprint density at radius 1 is 1.03 bits per heavy atom. The number of amides is 2. The van der Waals surface area contributed by atoms with Crippen LogP contribution in [0.25, 0.3) is 0 Å². The van der Waals surface area contributed by atoms with Gasteiger partial charge in [0, 0.05) is 23.2 Å². The zero-order valence-electron chi connectivity index (χ0n) is 19.5. The summed E-state index contributed by atoms with van der Waals surface area (Å²) in [5.41, 5.74) is 9.45. The van der Waals surface area contributed by atoms with Gasteiger partial charge in [0.05, 0.1) is 5.92 Å². The summed E-state index contributed by atoms with van der Waals surface area (Å²) < 4.78 is 5.60. The average molecular weight is 475 g/mol. The van der Waals surface area contributed by atoms with E-state index < -0.39 is 5.91 Å². The molecular formula is C28H30N2O3S. The molecule has 1 heterocycles. The van der Waals surface area contributed by atoms with Gasteiger partial charge in [-0.2, -0.15) is 0 Å². The van der Waals surface area contributed by atoms with Crippen LogP contribution in [0.5, 0.6) is 5.75 Å². The zero-order valence-corrected chi connectivity index (χ0v) is 20.3. The zero-order chi connectivity index (χ0) is 24.1. The number of rotatable bonds is 10. The summed E-state index contributed by atoms with van der Waals surface area (Å²) in [5.74, 6) is 0.874. The van der Waals surface area contributed by atoms with E-state index in [9.17, 15) is 9.59 Å². The molecule has 0 spiro atoms. The number of benzene rings is 3. The smallest absolute Gasteiger partial charge is 0.255 e. The molecule has 3 aromatic rings. The SMILES string of the molecule is CC(C)CN1C(=O)C(C(SCc2ccccc2)c2ccccc2)c2cc(OCC(N)=O)ccc21. The minimum absolute atomic E-state index is 0.0730. The topological polar surface area (TPSA) is 72.6 Å². The van der Waals surface area contributed by atoms with Gasteiger partial charge in [-0.15, -0.1) is 11.8 Å². The van der Waals surface area contributed by atoms with E-state index in [2.05, 4.69) is 38.1 Å². The normalized spacial score (nSPS) is 15.9. The lowest BCUT2D eigenvalue weighted by Gasteiger charge is -2.25. The van der Waals surface area contributed by atoms with Crippen LogP contribution in [0, 0.1) is 5.92 Å². The number of carbonyl (C=O) groups is 2. The molecule has 1 aliphatic heterocycles. The van der Waals surface area contributed by atoms with Crippen molar-refractivity contribution in [2.75, 3.05) is 18.1 Å². The van der Waals surface area contributed by atoms with Gasteiger partial charge in [0.15, 0.2) is 6.61 Å². The first-order chi connectivity index (χ1) is 16.4. The van der Waals surface area contributed by atoms with Crippen LogP contribution < -0.4 is 15.4 Å². The Morgan fingerprint density at radius 3 is 2.35 bits per heavy atom. The second-order valence-corrected chi connectivity index (χ2v) is 10.1. The standard InChI is InChI=1S/C28H30N2O3S/c1-19(2)16-30-24-14-13-22(33-17-25(29)31)15-23(24)26(28(30)32)27(21-11-7-4-8-12-21)34-18-20-9-5-3-6-10-20/h3-15,19,26-27H,16-18H2,1-2H3,(H2,29,31). The van der Waals surface area contributed by atoms with Crippen LogP contribution in [0.3, 0.4) is 0 Å². The van der Waals surface area contributed by atoms with Gasteiger partial charge in [-0.3, -0.25) is 9.59 Å². The highest BCUT2D eigenvalue weighted by atomic mass is 32.2. The van der Waals surface area contributed by atoms with Crippen LogP contribution in [0.4, 0.5) is 5.69 Å². The minimum atomic E-state index is -0.532. The molecule has 4 rings (SSSR count). The summed E-state index contributed by atoms with van der Waals surface area (Å²) in [4.78, 5) is 27.0. The molecule has 0 radical (unpaired) electrons. The van der Waals surface area contributed by atoms with Crippen molar-refractivity contribution in [3.8, 4) is 5.75 Å². The maximum atomic E-state index is 13.9. The van der Waals surface area contributed by atoms with Crippen molar-refractivity contribution in [3.05, 3.63) is 95.6 Å². The Bertz CT molecular complexity index is 1130. The fourth-order valence-corrected chi connectivity index (χ4v) is 5.69. The number of nitrogens with two attached hydrogens (primary N) is 1. The first-order valence-corrected chi connectivity index (χ1v) is 12.6. The van der Waals surface area contributed by atoms with E-state index in [0.29, 0.717) is 18.2 Å². The summed E-state index contributed by atoms with van der Waals surface area (Å²) >= 11 is 1.77. The van der Waals surface area contributed by atoms with Crippen LogP contribution >= 0.6 is 11.8 Å². The molecule has 0 saturated heterocycles. The lowest BCUT2D eigenvalue weighted by Crippen LogP contribution is -2.33. The lowest BCUT2D eigenvalue weighted by atomic mass is 9.92. The Kier molecular flexibility index (Phi) is 7.58. The van der Waals surface area contributed by atoms with Gasteiger partial charge in [-0.1, -0.05) is 74.5 Å². The highest BCUT2D eigenvalue weighted by Gasteiger charge is 2.43. The van der Waals surface area contributed by atoms with Gasteiger partial charge >= 0.3 is 0 Å². The highest BCUT2D eigenvalue weighted by Crippen LogP contribution is 2.51. The predicted octanol–water partition coefficient (Wildman–Crippen LogP) is 5.31. The molecule has 3 aromatic carbocycles. The lowest BCUT2D eigenvalue weighted by molar-refractivity contribution is -0.120. The summed E-state index contributed by atoms with van der Waals surface area (Å²) in [6, 6.07) is 26.2. The molecule has 2 atom stereocenters. The molecular weight excluding hydrogens is 444 g/mol. The van der Waals surface area contributed by atoms with E-state index in [1.54, 1.807) is 17.8 Å². The number of anilines is 1. The first kappa shape index (κ1) is 23.9. The van der Waals surface area contributed by atoms with Crippen LogP contribution in [0.15, 0.2) is 78.9 Å². The second kappa shape index (κ2) is 10.8. The predicted molar refractivity (Wildman–Crippen MR) is 138 cm³/mol. The van der Waals surface area contributed by atoms with Crippen molar-refractivity contribution in [3.63, 3.8) is 0 Å². The summed E-state index contributed by atoms with van der Waals surface area (Å²) in [6.45, 7) is 4.68. The quantitative estimate of drug-likeness (QED) is 0.432. The maximum Gasteiger partial charge on any atom is 0.255 e. The highest BCUT2D eigenvalue weighted by molar-refractivity contribution is 7.98. The molecule has 5 nitrogen and oxygen atoms in total. The molecule has 0 bridgehead atoms. The Morgan fingerprint density at radius 2 is 1.71 bits per heavy atom. The molecule has 0 aromatic heterocycles. The van der Waals surface area contributed by atoms with E-state index in [1.807, 2.05) is 53.4 Å². The monoisotopic (exact) mass is 474 g/mol. The van der Waals surface area contributed by atoms with Gasteiger partial charge in [0.1, 0.15) is 5.75 Å². The van der Waals surface area contributed by atoms with Gasteiger partial charge in [0.25, 0.3) is 5.91 Å². The first-order valence-electron chi connectivity index (χ1n) is 11.5. The number of thioether (sulfide) groups is 1. The number of hydrogen-bond donors (Lipinski definition) is 1. The number of ether oxygens (including phenoxy) is 1. The van der Waals surface area contributed by atoms with Crippen LogP contribution in [0.2, 0.25) is 0 Å². The average Bonchev–Trinajstić information content (AvgIpc) is 3.09. The minimum Gasteiger partial charge on any atom is -0.484 e. The molecule has 2 N–H and O–H groups in total. The van der Waals surface area contributed by atoms with E-state index in [0.717, 1.165) is 22.6 Å². The molecule has 2 amide bonds. The number of carbonyl (C=O) groups excluding carboxylic acids is 2. The number of nitrogens with zero attached hydrogens (tertiary/aromatic N) is 1. The Labute approximate surface area is 205 Å².